The lowest BCUT2D eigenvalue weighted by Crippen LogP contribution is -2.37. The quantitative estimate of drug-likeness (QED) is 0.545. The van der Waals surface area contributed by atoms with E-state index in [1.165, 1.54) is 6.08 Å². The molecule has 2 aromatic carbocycles. The molecule has 188 valence electrons. The largest absolute Gasteiger partial charge is 0.378 e. The van der Waals surface area contributed by atoms with Crippen molar-refractivity contribution in [1.29, 1.82) is 0 Å². The molecule has 0 saturated carbocycles. The number of anilines is 1. The number of sulfonamides is 1. The van der Waals surface area contributed by atoms with Gasteiger partial charge in [-0.25, -0.2) is 8.42 Å². The maximum Gasteiger partial charge on any atom is 0.246 e. The Kier molecular flexibility index (Phi) is 8.59. The average molecular weight is 498 g/mol. The Labute approximate surface area is 209 Å². The average Bonchev–Trinajstić information content (AvgIpc) is 3.19. The lowest BCUT2D eigenvalue weighted by atomic mass is 10.1. The van der Waals surface area contributed by atoms with Crippen LogP contribution in [0.4, 0.5) is 5.69 Å². The van der Waals surface area contributed by atoms with Crippen LogP contribution in [0.2, 0.25) is 0 Å². The highest BCUT2D eigenvalue weighted by molar-refractivity contribution is 7.89. The monoisotopic (exact) mass is 497 g/mol. The zero-order valence-corrected chi connectivity index (χ0v) is 21.3. The topological polar surface area (TPSA) is 70.2 Å². The summed E-state index contributed by atoms with van der Waals surface area (Å²) in [7, 11) is -1.68. The minimum Gasteiger partial charge on any atom is -0.378 e. The lowest BCUT2D eigenvalue weighted by molar-refractivity contribution is -0.125. The molecular weight excluding hydrogens is 462 g/mol. The Morgan fingerprint density at radius 1 is 0.943 bits per heavy atom. The van der Waals surface area contributed by atoms with Gasteiger partial charge in [-0.1, -0.05) is 43.2 Å². The number of carbonyl (C=O) groups is 1. The Morgan fingerprint density at radius 3 is 2.29 bits per heavy atom. The van der Waals surface area contributed by atoms with Crippen molar-refractivity contribution >= 4 is 27.7 Å². The van der Waals surface area contributed by atoms with Crippen molar-refractivity contribution in [3.8, 4) is 0 Å². The van der Waals surface area contributed by atoms with Crippen LogP contribution >= 0.6 is 0 Å². The third kappa shape index (κ3) is 6.51. The van der Waals surface area contributed by atoms with Gasteiger partial charge in [0.25, 0.3) is 0 Å². The van der Waals surface area contributed by atoms with Gasteiger partial charge in [0, 0.05) is 51.5 Å². The molecule has 2 aliphatic heterocycles. The van der Waals surface area contributed by atoms with E-state index in [1.54, 1.807) is 46.6 Å². The molecule has 0 aromatic heterocycles. The number of benzene rings is 2. The predicted octanol–water partition coefficient (Wildman–Crippen LogP) is 3.76. The lowest BCUT2D eigenvalue weighted by Gasteiger charge is -2.31. The minimum absolute atomic E-state index is 0.108. The van der Waals surface area contributed by atoms with Crippen molar-refractivity contribution in [2.24, 2.45) is 0 Å². The SMILES string of the molecule is CN(Cc1ccccc1N1CCOCC1)C(=O)/C=C/c1ccc(S(=O)(=O)N2CCCCCC2)cc1. The van der Waals surface area contributed by atoms with Crippen molar-refractivity contribution in [2.75, 3.05) is 51.3 Å². The van der Waals surface area contributed by atoms with Gasteiger partial charge in [0.05, 0.1) is 18.1 Å². The number of para-hydroxylation sites is 1. The molecule has 2 aromatic rings. The van der Waals surface area contributed by atoms with Gasteiger partial charge in [-0.15, -0.1) is 0 Å². The summed E-state index contributed by atoms with van der Waals surface area (Å²) < 4.78 is 33.0. The van der Waals surface area contributed by atoms with E-state index in [1.807, 2.05) is 12.1 Å². The first-order valence-electron chi connectivity index (χ1n) is 12.4. The highest BCUT2D eigenvalue weighted by atomic mass is 32.2. The normalized spacial score (nSPS) is 17.9. The van der Waals surface area contributed by atoms with Crippen molar-refractivity contribution < 1.29 is 17.9 Å². The van der Waals surface area contributed by atoms with Crippen LogP contribution in [0.25, 0.3) is 6.08 Å². The van der Waals surface area contributed by atoms with E-state index >= 15 is 0 Å². The van der Waals surface area contributed by atoms with Crippen LogP contribution < -0.4 is 4.90 Å². The number of amides is 1. The van der Waals surface area contributed by atoms with Crippen LogP contribution in [0.15, 0.2) is 59.5 Å². The van der Waals surface area contributed by atoms with Gasteiger partial charge >= 0.3 is 0 Å². The second-order valence-corrected chi connectivity index (χ2v) is 11.1. The number of likely N-dealkylation sites (N-methyl/N-ethyl adjacent to an activating group) is 1. The van der Waals surface area contributed by atoms with E-state index in [0.717, 1.165) is 55.6 Å². The van der Waals surface area contributed by atoms with E-state index in [2.05, 4.69) is 17.0 Å². The summed E-state index contributed by atoms with van der Waals surface area (Å²) >= 11 is 0. The van der Waals surface area contributed by atoms with Crippen LogP contribution in [-0.4, -0.2) is 70.0 Å². The zero-order valence-electron chi connectivity index (χ0n) is 20.4. The maximum atomic E-state index is 13.0. The summed E-state index contributed by atoms with van der Waals surface area (Å²) in [6.45, 7) is 4.78. The number of hydrogen-bond donors (Lipinski definition) is 0. The van der Waals surface area contributed by atoms with Crippen LogP contribution in [-0.2, 0) is 26.1 Å². The van der Waals surface area contributed by atoms with Crippen molar-refractivity contribution in [3.05, 3.63) is 65.7 Å². The van der Waals surface area contributed by atoms with Crippen molar-refractivity contribution in [2.45, 2.75) is 37.1 Å². The molecule has 2 fully saturated rings. The molecule has 0 unspecified atom stereocenters. The number of carbonyl (C=O) groups excluding carboxylic acids is 1. The van der Waals surface area contributed by atoms with Gasteiger partial charge in [0.2, 0.25) is 15.9 Å². The molecule has 0 atom stereocenters. The first kappa shape index (κ1) is 25.4. The summed E-state index contributed by atoms with van der Waals surface area (Å²) in [6.07, 6.45) is 7.25. The van der Waals surface area contributed by atoms with Crippen molar-refractivity contribution in [3.63, 3.8) is 0 Å². The zero-order chi connectivity index (χ0) is 24.7. The minimum atomic E-state index is -3.47. The van der Waals surface area contributed by atoms with Gasteiger partial charge in [-0.3, -0.25) is 4.79 Å². The number of rotatable bonds is 7. The molecule has 2 heterocycles. The standard InChI is InChI=1S/C27H35N3O4S/c1-28(22-24-8-4-5-9-26(24)29-18-20-34-21-19-29)27(31)15-12-23-10-13-25(14-11-23)35(32,33)30-16-6-2-3-7-17-30/h4-5,8-15H,2-3,6-7,16-22H2,1H3/b15-12+. The van der Waals surface area contributed by atoms with Gasteiger partial charge in [-0.2, -0.15) is 4.31 Å². The van der Waals surface area contributed by atoms with Crippen LogP contribution in [0, 0.1) is 0 Å². The number of nitrogens with zero attached hydrogens (tertiary/aromatic N) is 3. The second kappa shape index (κ2) is 11.8. The van der Waals surface area contributed by atoms with Gasteiger partial charge in [0.15, 0.2) is 0 Å². The Morgan fingerprint density at radius 2 is 1.60 bits per heavy atom. The van der Waals surface area contributed by atoms with Crippen LogP contribution in [0.3, 0.4) is 0 Å². The molecule has 0 bridgehead atoms. The number of hydrogen-bond acceptors (Lipinski definition) is 5. The Balaban J connectivity index is 1.38. The summed E-state index contributed by atoms with van der Waals surface area (Å²) in [5, 5.41) is 0. The molecule has 0 N–H and O–H groups in total. The molecule has 0 aliphatic carbocycles. The summed E-state index contributed by atoms with van der Waals surface area (Å²) in [4.78, 5) is 17.1. The third-order valence-electron chi connectivity index (χ3n) is 6.63. The fourth-order valence-corrected chi connectivity index (χ4v) is 6.08. The molecular formula is C27H35N3O4S. The fraction of sp³-hybridized carbons (Fsp3) is 0.444. The smallest absolute Gasteiger partial charge is 0.246 e. The molecule has 1 amide bonds. The molecule has 35 heavy (non-hydrogen) atoms. The number of morpholine rings is 1. The molecule has 2 saturated heterocycles. The fourth-order valence-electron chi connectivity index (χ4n) is 4.57. The van der Waals surface area contributed by atoms with Crippen LogP contribution in [0.1, 0.15) is 36.8 Å². The summed E-state index contributed by atoms with van der Waals surface area (Å²) in [5.41, 5.74) is 3.03. The molecule has 0 spiro atoms. The van der Waals surface area contributed by atoms with E-state index in [9.17, 15) is 13.2 Å². The van der Waals surface area contributed by atoms with Crippen LogP contribution in [0.5, 0.6) is 0 Å². The van der Waals surface area contributed by atoms with Crippen molar-refractivity contribution in [1.82, 2.24) is 9.21 Å². The van der Waals surface area contributed by atoms with E-state index in [0.29, 0.717) is 37.7 Å². The number of ether oxygens (including phenoxy) is 1. The second-order valence-electron chi connectivity index (χ2n) is 9.14. The van der Waals surface area contributed by atoms with E-state index in [4.69, 9.17) is 4.74 Å². The highest BCUT2D eigenvalue weighted by Crippen LogP contribution is 2.23. The molecule has 0 radical (unpaired) electrons. The molecule has 8 heteroatoms. The Hall–Kier alpha value is -2.68. The molecule has 2 aliphatic rings. The summed E-state index contributed by atoms with van der Waals surface area (Å²) in [6, 6.07) is 14.9. The predicted molar refractivity (Wildman–Crippen MR) is 139 cm³/mol. The van der Waals surface area contributed by atoms with Gasteiger partial charge < -0.3 is 14.5 Å². The van der Waals surface area contributed by atoms with Gasteiger partial charge in [0.1, 0.15) is 0 Å². The molecule has 4 rings (SSSR count). The summed E-state index contributed by atoms with van der Waals surface area (Å²) in [5.74, 6) is -0.108. The Bertz CT molecular complexity index is 1120. The third-order valence-corrected chi connectivity index (χ3v) is 8.54. The highest BCUT2D eigenvalue weighted by Gasteiger charge is 2.24. The van der Waals surface area contributed by atoms with E-state index in [-0.39, 0.29) is 5.91 Å². The van der Waals surface area contributed by atoms with E-state index < -0.39 is 10.0 Å². The maximum absolute atomic E-state index is 13.0. The first-order chi connectivity index (χ1) is 16.9. The molecule has 7 nitrogen and oxygen atoms in total. The van der Waals surface area contributed by atoms with Gasteiger partial charge in [-0.05, 0) is 48.2 Å². The first-order valence-corrected chi connectivity index (χ1v) is 13.8.